The lowest BCUT2D eigenvalue weighted by atomic mass is 9.97. The van der Waals surface area contributed by atoms with Gasteiger partial charge in [-0.05, 0) is 38.3 Å². The Morgan fingerprint density at radius 2 is 1.83 bits per heavy atom. The summed E-state index contributed by atoms with van der Waals surface area (Å²) in [5.41, 5.74) is 0.834. The van der Waals surface area contributed by atoms with E-state index in [2.05, 4.69) is 30.5 Å². The number of nitrogens with zero attached hydrogens (tertiary/aromatic N) is 6. The number of fused-ring (bicyclic) bond motifs is 2. The third-order valence-electron chi connectivity index (χ3n) is 6.59. The lowest BCUT2D eigenvalue weighted by Gasteiger charge is -2.24. The van der Waals surface area contributed by atoms with Crippen LogP contribution in [0, 0.1) is 0 Å². The van der Waals surface area contributed by atoms with Crippen molar-refractivity contribution in [3.63, 3.8) is 0 Å². The molecule has 36 heavy (non-hydrogen) atoms. The van der Waals surface area contributed by atoms with Crippen LogP contribution in [0.25, 0.3) is 11.2 Å². The molecule has 3 aromatic heterocycles. The first kappa shape index (κ1) is 24.0. The first-order valence-corrected chi connectivity index (χ1v) is 12.6. The normalized spacial score (nSPS) is 28.6. The molecule has 1 N–H and O–H groups in total. The summed E-state index contributed by atoms with van der Waals surface area (Å²) in [7, 11) is 0. The minimum atomic E-state index is -0.818. The average molecular weight is 520 g/mol. The summed E-state index contributed by atoms with van der Waals surface area (Å²) in [6.07, 6.45) is 1.25. The zero-order chi connectivity index (χ0) is 25.2. The molecule has 0 amide bonds. The van der Waals surface area contributed by atoms with Crippen molar-refractivity contribution in [3.05, 3.63) is 23.4 Å². The number of anilines is 1. The summed E-state index contributed by atoms with van der Waals surface area (Å²) in [6, 6.07) is 0.219. The van der Waals surface area contributed by atoms with Gasteiger partial charge in [-0.15, -0.1) is 10.2 Å². The van der Waals surface area contributed by atoms with Gasteiger partial charge in [-0.25, -0.2) is 4.98 Å². The van der Waals surface area contributed by atoms with Crippen LogP contribution < -0.4 is 5.32 Å². The van der Waals surface area contributed by atoms with Gasteiger partial charge in [0, 0.05) is 24.7 Å². The SMILES string of the molecule is CC1(C)O[C@@H]2[C@H](O1)[C@@H](c1nnc(C(C)(C)C)o1)O[C@H]2n1cnc2c(NC3CCOCC3)nc(Cl)nc21. The molecule has 3 saturated heterocycles. The van der Waals surface area contributed by atoms with Crippen LogP contribution in [-0.2, 0) is 24.4 Å². The van der Waals surface area contributed by atoms with Crippen molar-refractivity contribution in [1.82, 2.24) is 29.7 Å². The maximum atomic E-state index is 6.45. The Labute approximate surface area is 213 Å². The van der Waals surface area contributed by atoms with Gasteiger partial charge in [0.15, 0.2) is 35.1 Å². The second-order valence-corrected chi connectivity index (χ2v) is 11.2. The maximum Gasteiger partial charge on any atom is 0.248 e. The summed E-state index contributed by atoms with van der Waals surface area (Å²) in [5.74, 6) is 0.632. The standard InChI is InChI=1S/C23H30ClN7O5/c1-22(2,3)20-30-29-18(34-20)14-13-15(36-23(4,5)35-13)19(33-14)31-10-25-12-16(27-21(24)28-17(12)31)26-11-6-8-32-9-7-11/h10-11,13-15,19H,6-9H2,1-5H3,(H,26,27,28)/t13-,14+,15-,19-/m1/s1. The molecule has 0 bridgehead atoms. The number of imidazole rings is 1. The summed E-state index contributed by atoms with van der Waals surface area (Å²) in [4.78, 5) is 13.5. The number of hydrogen-bond acceptors (Lipinski definition) is 11. The van der Waals surface area contributed by atoms with Gasteiger partial charge in [0.05, 0.1) is 6.33 Å². The van der Waals surface area contributed by atoms with Crippen molar-refractivity contribution < 1.29 is 23.4 Å². The van der Waals surface area contributed by atoms with E-state index >= 15 is 0 Å². The predicted molar refractivity (Wildman–Crippen MR) is 127 cm³/mol. The van der Waals surface area contributed by atoms with Crippen LogP contribution in [-0.4, -0.2) is 67.0 Å². The van der Waals surface area contributed by atoms with Crippen LogP contribution in [0.5, 0.6) is 0 Å². The molecule has 0 aromatic carbocycles. The molecule has 0 unspecified atom stereocenters. The Hall–Kier alpha value is -2.38. The van der Waals surface area contributed by atoms with Crippen LogP contribution in [0.1, 0.15) is 71.6 Å². The fourth-order valence-corrected chi connectivity index (χ4v) is 5.03. The highest BCUT2D eigenvalue weighted by molar-refractivity contribution is 6.28. The average Bonchev–Trinajstić information content (AvgIpc) is 3.56. The van der Waals surface area contributed by atoms with Gasteiger partial charge >= 0.3 is 0 Å². The van der Waals surface area contributed by atoms with Gasteiger partial charge in [-0.3, -0.25) is 4.57 Å². The van der Waals surface area contributed by atoms with Crippen LogP contribution in [0.2, 0.25) is 5.28 Å². The molecule has 3 fully saturated rings. The van der Waals surface area contributed by atoms with E-state index in [1.54, 1.807) is 6.33 Å². The first-order chi connectivity index (χ1) is 17.1. The largest absolute Gasteiger partial charge is 0.422 e. The molecule has 194 valence electrons. The Kier molecular flexibility index (Phi) is 5.72. The molecule has 13 heteroatoms. The lowest BCUT2D eigenvalue weighted by Crippen LogP contribution is -2.28. The van der Waals surface area contributed by atoms with Crippen molar-refractivity contribution in [2.24, 2.45) is 0 Å². The fourth-order valence-electron chi connectivity index (χ4n) is 4.86. The Balaban J connectivity index is 1.36. The highest BCUT2D eigenvalue weighted by Gasteiger charge is 2.58. The highest BCUT2D eigenvalue weighted by atomic mass is 35.5. The van der Waals surface area contributed by atoms with Crippen LogP contribution >= 0.6 is 11.6 Å². The second-order valence-electron chi connectivity index (χ2n) is 10.9. The van der Waals surface area contributed by atoms with E-state index in [9.17, 15) is 0 Å². The van der Waals surface area contributed by atoms with Crippen LogP contribution in [0.15, 0.2) is 10.7 Å². The molecule has 3 aliphatic heterocycles. The molecular formula is C23H30ClN7O5. The monoisotopic (exact) mass is 519 g/mol. The molecule has 0 saturated carbocycles. The molecule has 12 nitrogen and oxygen atoms in total. The van der Waals surface area contributed by atoms with Gasteiger partial charge in [0.2, 0.25) is 17.1 Å². The third-order valence-corrected chi connectivity index (χ3v) is 6.75. The third kappa shape index (κ3) is 4.24. The van der Waals surface area contributed by atoms with Gasteiger partial charge in [0.1, 0.15) is 12.2 Å². The van der Waals surface area contributed by atoms with E-state index in [0.29, 0.717) is 42.0 Å². The predicted octanol–water partition coefficient (Wildman–Crippen LogP) is 3.54. The van der Waals surface area contributed by atoms with E-state index in [-0.39, 0.29) is 16.7 Å². The zero-order valence-electron chi connectivity index (χ0n) is 20.9. The lowest BCUT2D eigenvalue weighted by molar-refractivity contribution is -0.199. The molecule has 0 radical (unpaired) electrons. The van der Waals surface area contributed by atoms with Gasteiger partial charge < -0.3 is 28.7 Å². The number of rotatable bonds is 4. The number of ether oxygens (including phenoxy) is 4. The molecule has 4 atom stereocenters. The van der Waals surface area contributed by atoms with E-state index in [1.165, 1.54) is 0 Å². The molecule has 3 aromatic rings. The molecule has 0 aliphatic carbocycles. The summed E-state index contributed by atoms with van der Waals surface area (Å²) >= 11 is 6.35. The van der Waals surface area contributed by atoms with E-state index in [1.807, 2.05) is 39.2 Å². The zero-order valence-corrected chi connectivity index (χ0v) is 21.7. The van der Waals surface area contributed by atoms with Gasteiger partial charge in [-0.1, -0.05) is 20.8 Å². The molecule has 6 rings (SSSR count). The van der Waals surface area contributed by atoms with Crippen LogP contribution in [0.4, 0.5) is 5.82 Å². The number of aromatic nitrogens is 6. The second kappa shape index (κ2) is 8.59. The summed E-state index contributed by atoms with van der Waals surface area (Å²) in [5, 5.41) is 12.1. The van der Waals surface area contributed by atoms with Crippen molar-refractivity contribution in [1.29, 1.82) is 0 Å². The van der Waals surface area contributed by atoms with Gasteiger partial charge in [0.25, 0.3) is 0 Å². The van der Waals surface area contributed by atoms with Crippen molar-refractivity contribution in [2.75, 3.05) is 18.5 Å². The van der Waals surface area contributed by atoms with E-state index in [4.69, 9.17) is 35.0 Å². The fraction of sp³-hybridized carbons (Fsp3) is 0.696. The van der Waals surface area contributed by atoms with E-state index in [0.717, 1.165) is 12.8 Å². The number of halogens is 1. The van der Waals surface area contributed by atoms with Crippen LogP contribution in [0.3, 0.4) is 0 Å². The summed E-state index contributed by atoms with van der Waals surface area (Å²) < 4.78 is 32.2. The van der Waals surface area contributed by atoms with Crippen molar-refractivity contribution in [3.8, 4) is 0 Å². The number of nitrogens with one attached hydrogen (secondary N) is 1. The quantitative estimate of drug-likeness (QED) is 0.507. The Morgan fingerprint density at radius 3 is 2.56 bits per heavy atom. The minimum absolute atomic E-state index is 0.112. The number of hydrogen-bond donors (Lipinski definition) is 1. The van der Waals surface area contributed by atoms with E-state index < -0.39 is 30.3 Å². The van der Waals surface area contributed by atoms with Crippen molar-refractivity contribution in [2.45, 2.75) is 89.2 Å². The van der Waals surface area contributed by atoms with Gasteiger partial charge in [-0.2, -0.15) is 9.97 Å². The van der Waals surface area contributed by atoms with Crippen molar-refractivity contribution >= 4 is 28.6 Å². The maximum absolute atomic E-state index is 6.45. The highest BCUT2D eigenvalue weighted by Crippen LogP contribution is 2.49. The summed E-state index contributed by atoms with van der Waals surface area (Å²) in [6.45, 7) is 11.2. The Bertz CT molecular complexity index is 1270. The first-order valence-electron chi connectivity index (χ1n) is 12.2. The minimum Gasteiger partial charge on any atom is -0.422 e. The molecular weight excluding hydrogens is 490 g/mol. The molecule has 0 spiro atoms. The Morgan fingerprint density at radius 1 is 1.08 bits per heavy atom. The topological polar surface area (TPSA) is 131 Å². The molecule has 3 aliphatic rings. The smallest absolute Gasteiger partial charge is 0.248 e. The molecule has 6 heterocycles.